The van der Waals surface area contributed by atoms with Crippen LogP contribution in [0.25, 0.3) is 0 Å². The topological polar surface area (TPSA) is 85.2 Å². The van der Waals surface area contributed by atoms with E-state index in [1.807, 2.05) is 12.1 Å². The lowest BCUT2D eigenvalue weighted by Crippen LogP contribution is -2.42. The molecule has 0 radical (unpaired) electrons. The highest BCUT2D eigenvalue weighted by atomic mass is 16.3. The van der Waals surface area contributed by atoms with E-state index in [2.05, 4.69) is 4.98 Å². The maximum atomic E-state index is 10.5. The SMILES string of the molecule is Nc1ncccc1CC1(O)CCCC(N)C1. The average Bonchev–Trinajstić information content (AvgIpc) is 2.21. The van der Waals surface area contributed by atoms with Gasteiger partial charge in [-0.15, -0.1) is 0 Å². The first-order valence-electron chi connectivity index (χ1n) is 5.76. The van der Waals surface area contributed by atoms with Crippen LogP contribution in [0.4, 0.5) is 5.82 Å². The molecule has 1 aromatic rings. The highest BCUT2D eigenvalue weighted by Crippen LogP contribution is 2.31. The molecule has 1 fully saturated rings. The van der Waals surface area contributed by atoms with E-state index >= 15 is 0 Å². The van der Waals surface area contributed by atoms with Gasteiger partial charge >= 0.3 is 0 Å². The van der Waals surface area contributed by atoms with Crippen LogP contribution < -0.4 is 11.5 Å². The van der Waals surface area contributed by atoms with Crippen LogP contribution in [0.5, 0.6) is 0 Å². The predicted molar refractivity (Wildman–Crippen MR) is 63.7 cm³/mol. The minimum absolute atomic E-state index is 0.108. The highest BCUT2D eigenvalue weighted by Gasteiger charge is 2.33. The van der Waals surface area contributed by atoms with Crippen molar-refractivity contribution >= 4 is 5.82 Å². The third-order valence-corrected chi connectivity index (χ3v) is 3.30. The summed E-state index contributed by atoms with van der Waals surface area (Å²) in [6.07, 6.45) is 5.66. The maximum Gasteiger partial charge on any atom is 0.126 e. The van der Waals surface area contributed by atoms with Crippen LogP contribution in [0, 0.1) is 0 Å². The van der Waals surface area contributed by atoms with E-state index in [0.717, 1.165) is 24.8 Å². The summed E-state index contributed by atoms with van der Waals surface area (Å²) in [7, 11) is 0. The fraction of sp³-hybridized carbons (Fsp3) is 0.583. The van der Waals surface area contributed by atoms with Crippen molar-refractivity contribution in [1.82, 2.24) is 4.98 Å². The zero-order valence-corrected chi connectivity index (χ0v) is 9.39. The van der Waals surface area contributed by atoms with Gasteiger partial charge in [0.05, 0.1) is 5.60 Å². The van der Waals surface area contributed by atoms with Crippen molar-refractivity contribution in [2.45, 2.75) is 43.7 Å². The Morgan fingerprint density at radius 3 is 3.06 bits per heavy atom. The van der Waals surface area contributed by atoms with Gasteiger partial charge < -0.3 is 16.6 Å². The monoisotopic (exact) mass is 221 g/mol. The zero-order chi connectivity index (χ0) is 11.6. The van der Waals surface area contributed by atoms with Crippen molar-refractivity contribution < 1.29 is 5.11 Å². The Kier molecular flexibility index (Phi) is 3.12. The second-order valence-electron chi connectivity index (χ2n) is 4.81. The molecule has 4 nitrogen and oxygen atoms in total. The van der Waals surface area contributed by atoms with Gasteiger partial charge in [0.2, 0.25) is 0 Å². The van der Waals surface area contributed by atoms with Crippen LogP contribution in [0.3, 0.4) is 0 Å². The van der Waals surface area contributed by atoms with Crippen LogP contribution in [0.2, 0.25) is 0 Å². The van der Waals surface area contributed by atoms with Crippen molar-refractivity contribution in [2.75, 3.05) is 5.73 Å². The average molecular weight is 221 g/mol. The molecule has 0 aliphatic heterocycles. The summed E-state index contributed by atoms with van der Waals surface area (Å²) in [6, 6.07) is 3.87. The molecule has 1 heterocycles. The molecule has 1 aliphatic rings. The van der Waals surface area contributed by atoms with Gasteiger partial charge in [0.1, 0.15) is 5.82 Å². The fourth-order valence-corrected chi connectivity index (χ4v) is 2.50. The number of aliphatic hydroxyl groups is 1. The van der Waals surface area contributed by atoms with Gasteiger partial charge in [0, 0.05) is 18.7 Å². The normalized spacial score (nSPS) is 30.2. The van der Waals surface area contributed by atoms with Crippen molar-refractivity contribution in [2.24, 2.45) is 5.73 Å². The number of rotatable bonds is 2. The van der Waals surface area contributed by atoms with E-state index < -0.39 is 5.60 Å². The summed E-state index contributed by atoms with van der Waals surface area (Å²) < 4.78 is 0. The molecular weight excluding hydrogens is 202 g/mol. The van der Waals surface area contributed by atoms with Crippen LogP contribution in [-0.4, -0.2) is 21.7 Å². The summed E-state index contributed by atoms with van der Waals surface area (Å²) in [6.45, 7) is 0. The highest BCUT2D eigenvalue weighted by molar-refractivity contribution is 5.39. The van der Waals surface area contributed by atoms with Gasteiger partial charge in [-0.05, 0) is 37.3 Å². The molecule has 1 aliphatic carbocycles. The molecule has 0 amide bonds. The van der Waals surface area contributed by atoms with Crippen LogP contribution >= 0.6 is 0 Å². The smallest absolute Gasteiger partial charge is 0.126 e. The molecule has 0 saturated heterocycles. The molecule has 4 heteroatoms. The zero-order valence-electron chi connectivity index (χ0n) is 9.39. The molecule has 2 rings (SSSR count). The van der Waals surface area contributed by atoms with Crippen LogP contribution in [0.15, 0.2) is 18.3 Å². The van der Waals surface area contributed by atoms with E-state index in [4.69, 9.17) is 11.5 Å². The Bertz CT molecular complexity index is 369. The van der Waals surface area contributed by atoms with E-state index in [1.54, 1.807) is 6.20 Å². The first-order chi connectivity index (χ1) is 7.59. The second-order valence-corrected chi connectivity index (χ2v) is 4.81. The molecule has 2 unspecified atom stereocenters. The summed E-state index contributed by atoms with van der Waals surface area (Å²) >= 11 is 0. The van der Waals surface area contributed by atoms with Gasteiger partial charge in [-0.25, -0.2) is 4.98 Å². The van der Waals surface area contributed by atoms with Crippen molar-refractivity contribution in [3.63, 3.8) is 0 Å². The maximum absolute atomic E-state index is 10.5. The number of nitrogens with zero attached hydrogens (tertiary/aromatic N) is 1. The number of hydrogen-bond donors (Lipinski definition) is 3. The number of aromatic nitrogens is 1. The van der Waals surface area contributed by atoms with E-state index in [-0.39, 0.29) is 6.04 Å². The summed E-state index contributed by atoms with van der Waals surface area (Å²) in [5, 5.41) is 10.5. The minimum Gasteiger partial charge on any atom is -0.389 e. The number of nitrogens with two attached hydrogens (primary N) is 2. The van der Waals surface area contributed by atoms with E-state index in [9.17, 15) is 5.11 Å². The lowest BCUT2D eigenvalue weighted by atomic mass is 9.78. The van der Waals surface area contributed by atoms with E-state index in [1.165, 1.54) is 0 Å². The molecule has 0 bridgehead atoms. The summed E-state index contributed by atoms with van der Waals surface area (Å²) in [5.41, 5.74) is 11.9. The van der Waals surface area contributed by atoms with Gasteiger partial charge in [-0.3, -0.25) is 0 Å². The Morgan fingerprint density at radius 1 is 1.56 bits per heavy atom. The first-order valence-corrected chi connectivity index (χ1v) is 5.76. The second kappa shape index (κ2) is 4.39. The molecule has 0 aromatic carbocycles. The van der Waals surface area contributed by atoms with Crippen LogP contribution in [-0.2, 0) is 6.42 Å². The first kappa shape index (κ1) is 11.4. The summed E-state index contributed by atoms with van der Waals surface area (Å²) in [4.78, 5) is 4.03. The minimum atomic E-state index is -0.700. The van der Waals surface area contributed by atoms with Gasteiger partial charge in [0.25, 0.3) is 0 Å². The summed E-state index contributed by atoms with van der Waals surface area (Å²) in [5.74, 6) is 0.509. The molecule has 16 heavy (non-hydrogen) atoms. The van der Waals surface area contributed by atoms with Gasteiger partial charge in [-0.1, -0.05) is 6.07 Å². The predicted octanol–water partition coefficient (Wildman–Crippen LogP) is 0.839. The molecule has 1 saturated carbocycles. The van der Waals surface area contributed by atoms with Gasteiger partial charge in [-0.2, -0.15) is 0 Å². The number of pyridine rings is 1. The quantitative estimate of drug-likeness (QED) is 0.690. The van der Waals surface area contributed by atoms with Crippen molar-refractivity contribution in [1.29, 1.82) is 0 Å². The van der Waals surface area contributed by atoms with E-state index in [0.29, 0.717) is 18.7 Å². The number of hydrogen-bond acceptors (Lipinski definition) is 4. The standard InChI is InChI=1S/C12H19N3O/c13-10-4-1-5-12(16,8-10)7-9-3-2-6-15-11(9)14/h2-3,6,10,16H,1,4-5,7-8,13H2,(H2,14,15). The van der Waals surface area contributed by atoms with Crippen molar-refractivity contribution in [3.8, 4) is 0 Å². The molecule has 1 aromatic heterocycles. The lowest BCUT2D eigenvalue weighted by Gasteiger charge is -2.35. The Labute approximate surface area is 95.7 Å². The molecule has 2 atom stereocenters. The lowest BCUT2D eigenvalue weighted by molar-refractivity contribution is -0.00183. The third-order valence-electron chi connectivity index (χ3n) is 3.30. The largest absolute Gasteiger partial charge is 0.389 e. The van der Waals surface area contributed by atoms with Gasteiger partial charge in [0.15, 0.2) is 0 Å². The Hall–Kier alpha value is -1.13. The molecule has 0 spiro atoms. The van der Waals surface area contributed by atoms with Crippen molar-refractivity contribution in [3.05, 3.63) is 23.9 Å². The molecule has 88 valence electrons. The Balaban J connectivity index is 2.11. The molecular formula is C12H19N3O. The number of nitrogen functional groups attached to an aromatic ring is 1. The Morgan fingerprint density at radius 2 is 2.38 bits per heavy atom. The number of anilines is 1. The van der Waals surface area contributed by atoms with Crippen LogP contribution in [0.1, 0.15) is 31.2 Å². The third kappa shape index (κ3) is 2.51. The molecule has 5 N–H and O–H groups in total. The fourth-order valence-electron chi connectivity index (χ4n) is 2.50.